The summed E-state index contributed by atoms with van der Waals surface area (Å²) < 4.78 is 20.4. The number of carbonyl (C=O) groups excluding carboxylic acids is 3. The van der Waals surface area contributed by atoms with Gasteiger partial charge in [-0.3, -0.25) is 14.5 Å². The van der Waals surface area contributed by atoms with E-state index in [0.717, 1.165) is 44.3 Å². The Balaban J connectivity index is 1.46. The van der Waals surface area contributed by atoms with Gasteiger partial charge in [0.05, 0.1) is 6.04 Å². The number of nitrogens with two attached hydrogens (primary N) is 1. The van der Waals surface area contributed by atoms with Crippen molar-refractivity contribution in [3.05, 3.63) is 35.1 Å². The van der Waals surface area contributed by atoms with E-state index < -0.39 is 29.6 Å². The molecule has 2 bridgehead atoms. The highest BCUT2D eigenvalue weighted by molar-refractivity contribution is 5.92. The van der Waals surface area contributed by atoms with E-state index in [0.29, 0.717) is 5.56 Å². The van der Waals surface area contributed by atoms with Crippen molar-refractivity contribution in [1.82, 2.24) is 10.2 Å². The Bertz CT molecular complexity index is 954. The lowest BCUT2D eigenvalue weighted by atomic mass is 9.86. The molecule has 1 unspecified atom stereocenters. The lowest BCUT2D eigenvalue weighted by Crippen LogP contribution is -2.51. The maximum atomic E-state index is 14.9. The van der Waals surface area contributed by atoms with Crippen LogP contribution in [0.15, 0.2) is 18.2 Å². The normalized spacial score (nSPS) is 27.1. The molecule has 1 aromatic carbocycles. The zero-order valence-corrected chi connectivity index (χ0v) is 20.3. The Hall–Kier alpha value is -2.48. The molecule has 3 aliphatic rings. The number of carbonyl (C=O) groups is 3. The highest BCUT2D eigenvalue weighted by atomic mass is 19.1. The summed E-state index contributed by atoms with van der Waals surface area (Å²) in [5.74, 6) is -1.69. The van der Waals surface area contributed by atoms with Gasteiger partial charge in [-0.2, -0.15) is 0 Å². The van der Waals surface area contributed by atoms with Crippen LogP contribution in [0, 0.1) is 17.7 Å². The van der Waals surface area contributed by atoms with Gasteiger partial charge < -0.3 is 15.8 Å². The molecule has 8 heteroatoms. The monoisotopic (exact) mass is 473 g/mol. The number of Topliss-reactive ketones (excluding diaryl/α,β-unsaturated/α-hetero) is 1. The van der Waals surface area contributed by atoms with Crippen molar-refractivity contribution in [2.75, 3.05) is 13.1 Å². The van der Waals surface area contributed by atoms with Crippen molar-refractivity contribution in [1.29, 1.82) is 0 Å². The van der Waals surface area contributed by atoms with Crippen LogP contribution in [0.1, 0.15) is 69.9 Å². The molecular weight excluding hydrogens is 437 g/mol. The lowest BCUT2D eigenvalue weighted by Gasteiger charge is -2.36. The molecule has 4 rings (SSSR count). The van der Waals surface area contributed by atoms with Crippen molar-refractivity contribution in [2.24, 2.45) is 17.6 Å². The van der Waals surface area contributed by atoms with Gasteiger partial charge in [0.25, 0.3) is 0 Å². The van der Waals surface area contributed by atoms with Gasteiger partial charge in [0, 0.05) is 24.9 Å². The predicted molar refractivity (Wildman–Crippen MR) is 126 cm³/mol. The highest BCUT2D eigenvalue weighted by Crippen LogP contribution is 2.44. The fourth-order valence-electron chi connectivity index (χ4n) is 5.81. The van der Waals surface area contributed by atoms with Crippen LogP contribution in [0.25, 0.3) is 0 Å². The number of nitrogens with zero attached hydrogens (tertiary/aromatic N) is 1. The van der Waals surface area contributed by atoms with Gasteiger partial charge in [0.15, 0.2) is 5.78 Å². The molecule has 2 heterocycles. The Morgan fingerprint density at radius 2 is 2.00 bits per heavy atom. The molecule has 2 aliphatic heterocycles. The van der Waals surface area contributed by atoms with Crippen LogP contribution in [0.2, 0.25) is 0 Å². The van der Waals surface area contributed by atoms with Gasteiger partial charge >= 0.3 is 6.09 Å². The first kappa shape index (κ1) is 24.6. The van der Waals surface area contributed by atoms with Gasteiger partial charge in [-0.25, -0.2) is 9.18 Å². The molecule has 3 N–H and O–H groups in total. The van der Waals surface area contributed by atoms with Crippen LogP contribution in [0.4, 0.5) is 9.18 Å². The first-order valence-corrected chi connectivity index (χ1v) is 12.4. The number of nitrogens with one attached hydrogen (secondary N) is 1. The van der Waals surface area contributed by atoms with Crippen molar-refractivity contribution in [3.63, 3.8) is 0 Å². The Labute approximate surface area is 200 Å². The van der Waals surface area contributed by atoms with E-state index in [2.05, 4.69) is 5.32 Å². The smallest absolute Gasteiger partial charge is 0.411 e. The van der Waals surface area contributed by atoms with E-state index in [1.807, 2.05) is 6.07 Å². The number of fused-ring (bicyclic) bond motifs is 2. The highest BCUT2D eigenvalue weighted by Gasteiger charge is 2.52. The topological polar surface area (TPSA) is 102 Å². The summed E-state index contributed by atoms with van der Waals surface area (Å²) in [6, 6.07) is 4.50. The van der Waals surface area contributed by atoms with E-state index in [1.165, 1.54) is 6.07 Å². The zero-order chi connectivity index (χ0) is 24.6. The number of primary amides is 1. The third kappa shape index (κ3) is 5.27. The Kier molecular flexibility index (Phi) is 6.99. The first-order chi connectivity index (χ1) is 16.0. The summed E-state index contributed by atoms with van der Waals surface area (Å²) in [6.07, 6.45) is 2.91. The minimum Gasteiger partial charge on any atom is -0.444 e. The number of hydrogen-bond acceptors (Lipinski definition) is 5. The number of ketones is 1. The number of halogens is 1. The van der Waals surface area contributed by atoms with Crippen molar-refractivity contribution in [3.8, 4) is 0 Å². The molecule has 7 nitrogen and oxygen atoms in total. The van der Waals surface area contributed by atoms with Gasteiger partial charge in [0.2, 0.25) is 5.91 Å². The maximum absolute atomic E-state index is 14.9. The summed E-state index contributed by atoms with van der Waals surface area (Å²) in [7, 11) is 0. The van der Waals surface area contributed by atoms with Crippen LogP contribution in [0.5, 0.6) is 0 Å². The third-order valence-electron chi connectivity index (χ3n) is 7.44. The minimum atomic E-state index is -0.833. The van der Waals surface area contributed by atoms with Crippen molar-refractivity contribution >= 4 is 17.8 Å². The maximum Gasteiger partial charge on any atom is 0.411 e. The standard InChI is InChI=1S/C26H36FN3O4/c1-26(2,3)34-25(33)30-20-7-6-17(11-20)23(30)22(31)13-19(24(28)32)10-16-5-4-15(12-21(16)27)18-8-9-29-14-18/h4-5,12,17-20,23,29H,6-11,13-14H2,1-3H3,(H2,28,32)/t17-,18?,19+,20+,23-/m0/s1. The molecule has 2 amide bonds. The summed E-state index contributed by atoms with van der Waals surface area (Å²) in [5, 5.41) is 3.28. The molecule has 0 spiro atoms. The molecule has 5 atom stereocenters. The molecule has 1 aliphatic carbocycles. The average Bonchev–Trinajstić information content (AvgIpc) is 3.50. The second kappa shape index (κ2) is 9.64. The van der Waals surface area contributed by atoms with Crippen LogP contribution in [-0.2, 0) is 20.7 Å². The second-order valence-electron chi connectivity index (χ2n) is 11.1. The van der Waals surface area contributed by atoms with Gasteiger partial charge in [-0.05, 0) is 88.4 Å². The molecule has 1 aromatic rings. The number of piperidine rings is 1. The second-order valence-corrected chi connectivity index (χ2v) is 11.1. The number of rotatable bonds is 7. The molecule has 0 radical (unpaired) electrons. The van der Waals surface area contributed by atoms with Crippen LogP contribution in [-0.4, -0.2) is 53.5 Å². The van der Waals surface area contributed by atoms with Crippen LogP contribution in [0.3, 0.4) is 0 Å². The quantitative estimate of drug-likeness (QED) is 0.633. The largest absolute Gasteiger partial charge is 0.444 e. The van der Waals surface area contributed by atoms with Crippen molar-refractivity contribution < 1.29 is 23.5 Å². The zero-order valence-electron chi connectivity index (χ0n) is 20.3. The summed E-state index contributed by atoms with van der Waals surface area (Å²) >= 11 is 0. The predicted octanol–water partition coefficient (Wildman–Crippen LogP) is 3.29. The fourth-order valence-corrected chi connectivity index (χ4v) is 5.81. The molecule has 186 valence electrons. The van der Waals surface area contributed by atoms with E-state index in [-0.39, 0.29) is 42.3 Å². The van der Waals surface area contributed by atoms with E-state index in [1.54, 1.807) is 31.7 Å². The summed E-state index contributed by atoms with van der Waals surface area (Å²) in [4.78, 5) is 40.1. The Morgan fingerprint density at radius 1 is 1.24 bits per heavy atom. The van der Waals surface area contributed by atoms with Crippen LogP contribution >= 0.6 is 0 Å². The van der Waals surface area contributed by atoms with E-state index in [9.17, 15) is 18.8 Å². The summed E-state index contributed by atoms with van der Waals surface area (Å²) in [6.45, 7) is 7.13. The fraction of sp³-hybridized carbons (Fsp3) is 0.654. The third-order valence-corrected chi connectivity index (χ3v) is 7.44. The average molecular weight is 474 g/mol. The molecule has 3 fully saturated rings. The number of benzene rings is 1. The summed E-state index contributed by atoms with van der Waals surface area (Å²) in [5.41, 5.74) is 6.29. The SMILES string of the molecule is CC(C)(C)OC(=O)N1[C@@H]2CC[C@@H](C2)[C@H]1C(=O)C[C@@H](Cc1ccc(C2CCNC2)cc1F)C(N)=O. The van der Waals surface area contributed by atoms with Crippen LogP contribution < -0.4 is 11.1 Å². The van der Waals surface area contributed by atoms with Gasteiger partial charge in [0.1, 0.15) is 11.4 Å². The van der Waals surface area contributed by atoms with Crippen molar-refractivity contribution in [2.45, 2.75) is 82.9 Å². The molecule has 0 aromatic heterocycles. The molecule has 1 saturated carbocycles. The molecule has 34 heavy (non-hydrogen) atoms. The first-order valence-electron chi connectivity index (χ1n) is 12.4. The number of amides is 2. The Morgan fingerprint density at radius 3 is 2.62 bits per heavy atom. The minimum absolute atomic E-state index is 0.0177. The van der Waals surface area contributed by atoms with E-state index in [4.69, 9.17) is 10.5 Å². The lowest BCUT2D eigenvalue weighted by molar-refractivity contribution is -0.131. The van der Waals surface area contributed by atoms with Gasteiger partial charge in [-0.15, -0.1) is 0 Å². The molecular formula is C26H36FN3O4. The number of hydrogen-bond donors (Lipinski definition) is 2. The number of ether oxygens (including phenoxy) is 1. The van der Waals surface area contributed by atoms with Gasteiger partial charge in [-0.1, -0.05) is 12.1 Å². The molecule has 2 saturated heterocycles. The number of likely N-dealkylation sites (tertiary alicyclic amines) is 1. The van der Waals surface area contributed by atoms with E-state index >= 15 is 0 Å².